The van der Waals surface area contributed by atoms with Crippen molar-refractivity contribution < 1.29 is 9.53 Å². The minimum atomic E-state index is -0.440. The number of rotatable bonds is 6. The fourth-order valence-electron chi connectivity index (χ4n) is 2.05. The molecule has 0 saturated heterocycles. The molecular formula is C15H30N2O2. The van der Waals surface area contributed by atoms with Gasteiger partial charge in [0.05, 0.1) is 0 Å². The molecular weight excluding hydrogens is 240 g/mol. The molecule has 1 aliphatic rings. The third kappa shape index (κ3) is 6.81. The third-order valence-electron chi connectivity index (χ3n) is 3.53. The molecule has 1 unspecified atom stereocenters. The summed E-state index contributed by atoms with van der Waals surface area (Å²) in [4.78, 5) is 11.8. The van der Waals surface area contributed by atoms with Crippen LogP contribution in [-0.4, -0.2) is 30.8 Å². The average Bonchev–Trinajstić information content (AvgIpc) is 2.16. The number of ether oxygens (including phenoxy) is 1. The second-order valence-corrected chi connectivity index (χ2v) is 6.95. The van der Waals surface area contributed by atoms with Crippen molar-refractivity contribution in [2.45, 2.75) is 65.5 Å². The summed E-state index contributed by atoms with van der Waals surface area (Å²) in [6.45, 7) is 11.8. The van der Waals surface area contributed by atoms with Crippen molar-refractivity contribution in [2.75, 3.05) is 13.1 Å². The van der Waals surface area contributed by atoms with E-state index in [-0.39, 0.29) is 12.1 Å². The Labute approximate surface area is 117 Å². The first kappa shape index (κ1) is 16.3. The van der Waals surface area contributed by atoms with Crippen LogP contribution in [0.15, 0.2) is 0 Å². The van der Waals surface area contributed by atoms with E-state index in [1.54, 1.807) is 0 Å². The van der Waals surface area contributed by atoms with E-state index in [4.69, 9.17) is 4.74 Å². The van der Waals surface area contributed by atoms with Gasteiger partial charge in [-0.2, -0.15) is 0 Å². The molecule has 0 aromatic rings. The SMILES string of the molecule is CC(C)C(CNCC1CCC1)NC(=O)OC(C)(C)C. The molecule has 4 heteroatoms. The van der Waals surface area contributed by atoms with Crippen molar-refractivity contribution in [1.29, 1.82) is 0 Å². The summed E-state index contributed by atoms with van der Waals surface area (Å²) in [6, 6.07) is 0.120. The molecule has 0 spiro atoms. The lowest BCUT2D eigenvalue weighted by Gasteiger charge is -2.29. The van der Waals surface area contributed by atoms with Crippen LogP contribution in [0, 0.1) is 11.8 Å². The molecule has 2 N–H and O–H groups in total. The first-order chi connectivity index (χ1) is 8.78. The number of nitrogens with one attached hydrogen (secondary N) is 2. The van der Waals surface area contributed by atoms with Crippen LogP contribution in [0.5, 0.6) is 0 Å². The van der Waals surface area contributed by atoms with Gasteiger partial charge in [-0.05, 0) is 52.0 Å². The van der Waals surface area contributed by atoms with E-state index in [0.717, 1.165) is 19.0 Å². The zero-order valence-corrected chi connectivity index (χ0v) is 13.1. The van der Waals surface area contributed by atoms with Crippen LogP contribution < -0.4 is 10.6 Å². The van der Waals surface area contributed by atoms with Crippen LogP contribution in [0.4, 0.5) is 4.79 Å². The Bertz CT molecular complexity index is 280. The molecule has 1 rings (SSSR count). The minimum absolute atomic E-state index is 0.120. The smallest absolute Gasteiger partial charge is 0.407 e. The average molecular weight is 270 g/mol. The summed E-state index contributed by atoms with van der Waals surface area (Å²) in [5.41, 5.74) is -0.440. The van der Waals surface area contributed by atoms with Crippen LogP contribution in [0.2, 0.25) is 0 Å². The van der Waals surface area contributed by atoms with Crippen molar-refractivity contribution in [3.63, 3.8) is 0 Å². The van der Waals surface area contributed by atoms with E-state index in [1.165, 1.54) is 19.3 Å². The molecule has 1 fully saturated rings. The Kier molecular flexibility index (Phi) is 6.11. The number of carbonyl (C=O) groups is 1. The molecule has 0 radical (unpaired) electrons. The second kappa shape index (κ2) is 7.13. The molecule has 19 heavy (non-hydrogen) atoms. The molecule has 112 valence electrons. The lowest BCUT2D eigenvalue weighted by Crippen LogP contribution is -2.47. The van der Waals surface area contributed by atoms with Crippen LogP contribution in [0.25, 0.3) is 0 Å². The number of hydrogen-bond acceptors (Lipinski definition) is 3. The Morgan fingerprint density at radius 3 is 2.37 bits per heavy atom. The van der Waals surface area contributed by atoms with Gasteiger partial charge in [0.1, 0.15) is 5.60 Å². The maximum Gasteiger partial charge on any atom is 0.407 e. The monoisotopic (exact) mass is 270 g/mol. The molecule has 0 aromatic heterocycles. The summed E-state index contributed by atoms with van der Waals surface area (Å²) < 4.78 is 5.30. The molecule has 4 nitrogen and oxygen atoms in total. The minimum Gasteiger partial charge on any atom is -0.444 e. The van der Waals surface area contributed by atoms with Crippen molar-refractivity contribution in [2.24, 2.45) is 11.8 Å². The first-order valence-corrected chi connectivity index (χ1v) is 7.48. The summed E-state index contributed by atoms with van der Waals surface area (Å²) in [7, 11) is 0. The molecule has 1 aliphatic carbocycles. The van der Waals surface area contributed by atoms with Crippen molar-refractivity contribution >= 4 is 6.09 Å². The maximum absolute atomic E-state index is 11.8. The molecule has 0 heterocycles. The van der Waals surface area contributed by atoms with Gasteiger partial charge in [-0.15, -0.1) is 0 Å². The van der Waals surface area contributed by atoms with Gasteiger partial charge in [0.15, 0.2) is 0 Å². The van der Waals surface area contributed by atoms with Crippen molar-refractivity contribution in [3.05, 3.63) is 0 Å². The lowest BCUT2D eigenvalue weighted by atomic mass is 9.85. The van der Waals surface area contributed by atoms with Gasteiger partial charge in [0.2, 0.25) is 0 Å². The van der Waals surface area contributed by atoms with Gasteiger partial charge in [-0.3, -0.25) is 0 Å². The van der Waals surface area contributed by atoms with E-state index >= 15 is 0 Å². The molecule has 1 atom stereocenters. The standard InChI is InChI=1S/C15H30N2O2/c1-11(2)13(10-16-9-12-7-6-8-12)17-14(18)19-15(3,4)5/h11-13,16H,6-10H2,1-5H3,(H,17,18). The quantitative estimate of drug-likeness (QED) is 0.780. The molecule has 1 saturated carbocycles. The number of carbonyl (C=O) groups excluding carboxylic acids is 1. The van der Waals surface area contributed by atoms with E-state index < -0.39 is 5.60 Å². The molecule has 0 bridgehead atoms. The number of hydrogen-bond donors (Lipinski definition) is 2. The zero-order chi connectivity index (χ0) is 14.5. The predicted molar refractivity (Wildman–Crippen MR) is 78.2 cm³/mol. The fourth-order valence-corrected chi connectivity index (χ4v) is 2.05. The van der Waals surface area contributed by atoms with Crippen molar-refractivity contribution in [3.8, 4) is 0 Å². The normalized spacial score (nSPS) is 18.0. The van der Waals surface area contributed by atoms with Crippen LogP contribution >= 0.6 is 0 Å². The van der Waals surface area contributed by atoms with Gasteiger partial charge in [0.25, 0.3) is 0 Å². The zero-order valence-electron chi connectivity index (χ0n) is 13.1. The van der Waals surface area contributed by atoms with E-state index in [2.05, 4.69) is 24.5 Å². The lowest BCUT2D eigenvalue weighted by molar-refractivity contribution is 0.0489. The van der Waals surface area contributed by atoms with Crippen molar-refractivity contribution in [1.82, 2.24) is 10.6 Å². The first-order valence-electron chi connectivity index (χ1n) is 7.48. The molecule has 1 amide bonds. The predicted octanol–water partition coefficient (Wildman–Crippen LogP) is 2.93. The van der Waals surface area contributed by atoms with Crippen LogP contribution in [0.3, 0.4) is 0 Å². The van der Waals surface area contributed by atoms with Gasteiger partial charge < -0.3 is 15.4 Å². The summed E-state index contributed by atoms with van der Waals surface area (Å²) >= 11 is 0. The maximum atomic E-state index is 11.8. The number of amides is 1. The Hall–Kier alpha value is -0.770. The Morgan fingerprint density at radius 2 is 1.95 bits per heavy atom. The Balaban J connectivity index is 2.28. The van der Waals surface area contributed by atoms with E-state index in [9.17, 15) is 4.79 Å². The highest BCUT2D eigenvalue weighted by Crippen LogP contribution is 2.25. The highest BCUT2D eigenvalue weighted by Gasteiger charge is 2.22. The van der Waals surface area contributed by atoms with Crippen LogP contribution in [-0.2, 0) is 4.74 Å². The summed E-state index contributed by atoms with van der Waals surface area (Å²) in [5.74, 6) is 1.23. The second-order valence-electron chi connectivity index (χ2n) is 6.95. The number of alkyl carbamates (subject to hydrolysis) is 1. The summed E-state index contributed by atoms with van der Waals surface area (Å²) in [6.07, 6.45) is 3.74. The third-order valence-corrected chi connectivity index (χ3v) is 3.53. The topological polar surface area (TPSA) is 50.4 Å². The Morgan fingerprint density at radius 1 is 1.32 bits per heavy atom. The molecule has 0 aromatic carbocycles. The van der Waals surface area contributed by atoms with Gasteiger partial charge in [0, 0.05) is 12.6 Å². The highest BCUT2D eigenvalue weighted by molar-refractivity contribution is 5.68. The van der Waals surface area contributed by atoms with E-state index in [1.807, 2.05) is 20.8 Å². The highest BCUT2D eigenvalue weighted by atomic mass is 16.6. The fraction of sp³-hybridized carbons (Fsp3) is 0.933. The largest absolute Gasteiger partial charge is 0.444 e. The van der Waals surface area contributed by atoms with Gasteiger partial charge >= 0.3 is 6.09 Å². The molecule has 0 aliphatic heterocycles. The van der Waals surface area contributed by atoms with E-state index in [0.29, 0.717) is 5.92 Å². The van der Waals surface area contributed by atoms with Gasteiger partial charge in [-0.1, -0.05) is 20.3 Å². The van der Waals surface area contributed by atoms with Gasteiger partial charge in [-0.25, -0.2) is 4.79 Å². The van der Waals surface area contributed by atoms with Crippen LogP contribution in [0.1, 0.15) is 53.9 Å². The summed E-state index contributed by atoms with van der Waals surface area (Å²) in [5, 5.41) is 6.43.